The molecule has 2 N–H and O–H groups in total. The van der Waals surface area contributed by atoms with E-state index in [0.717, 1.165) is 32.5 Å². The lowest BCUT2D eigenvalue weighted by molar-refractivity contribution is -0.182. The van der Waals surface area contributed by atoms with Crippen LogP contribution in [0.2, 0.25) is 0 Å². The van der Waals surface area contributed by atoms with Gasteiger partial charge in [-0.2, -0.15) is 0 Å². The van der Waals surface area contributed by atoms with Crippen LogP contribution in [-0.4, -0.2) is 41.9 Å². The minimum absolute atomic E-state index is 0.133. The first-order chi connectivity index (χ1) is 7.24. The van der Waals surface area contributed by atoms with E-state index in [1.54, 1.807) is 0 Å². The first-order valence-corrected chi connectivity index (χ1v) is 5.46. The highest BCUT2D eigenvalue weighted by molar-refractivity contribution is 4.83. The van der Waals surface area contributed by atoms with Gasteiger partial charge in [0.15, 0.2) is 6.29 Å². The molecule has 0 aliphatic carbocycles. The zero-order chi connectivity index (χ0) is 11.1. The molecule has 2 atom stereocenters. The van der Waals surface area contributed by atoms with E-state index in [4.69, 9.17) is 9.47 Å². The predicted octanol–water partition coefficient (Wildman–Crippen LogP) is 0.827. The molecule has 1 aliphatic rings. The molecule has 88 valence electrons. The molecule has 1 saturated heterocycles. The van der Waals surface area contributed by atoms with Gasteiger partial charge in [0.05, 0.1) is 25.4 Å². The highest BCUT2D eigenvalue weighted by atomic mass is 16.7. The normalized spacial score (nSPS) is 22.3. The lowest BCUT2D eigenvalue weighted by Gasteiger charge is -2.23. The van der Waals surface area contributed by atoms with Crippen LogP contribution in [0.5, 0.6) is 0 Å². The Bertz CT molecular complexity index is 177. The lowest BCUT2D eigenvalue weighted by Crippen LogP contribution is -2.26. The number of ether oxygens (including phenoxy) is 2. The molecule has 0 spiro atoms. The van der Waals surface area contributed by atoms with E-state index in [2.05, 4.69) is 6.58 Å². The van der Waals surface area contributed by atoms with E-state index in [0.29, 0.717) is 6.42 Å². The number of aliphatic hydroxyl groups excluding tert-OH is 2. The monoisotopic (exact) mass is 216 g/mol. The van der Waals surface area contributed by atoms with Crippen molar-refractivity contribution in [2.45, 2.75) is 44.2 Å². The van der Waals surface area contributed by atoms with Crippen molar-refractivity contribution in [1.82, 2.24) is 0 Å². The van der Waals surface area contributed by atoms with E-state index in [-0.39, 0.29) is 6.29 Å². The molecule has 0 saturated carbocycles. The molecular weight excluding hydrogens is 196 g/mol. The van der Waals surface area contributed by atoms with Gasteiger partial charge < -0.3 is 19.7 Å². The maximum absolute atomic E-state index is 9.44. The second-order valence-electron chi connectivity index (χ2n) is 3.75. The topological polar surface area (TPSA) is 58.9 Å². The Labute approximate surface area is 90.5 Å². The summed E-state index contributed by atoms with van der Waals surface area (Å²) in [4.78, 5) is 0. The Morgan fingerprint density at radius 1 is 1.33 bits per heavy atom. The van der Waals surface area contributed by atoms with E-state index < -0.39 is 12.2 Å². The molecule has 0 radical (unpaired) electrons. The van der Waals surface area contributed by atoms with Crippen molar-refractivity contribution in [2.75, 3.05) is 13.2 Å². The van der Waals surface area contributed by atoms with Gasteiger partial charge in [0.1, 0.15) is 0 Å². The van der Waals surface area contributed by atoms with Crippen LogP contribution in [0.15, 0.2) is 12.7 Å². The van der Waals surface area contributed by atoms with E-state index in [1.807, 2.05) is 0 Å². The Morgan fingerprint density at radius 2 is 2.00 bits per heavy atom. The highest BCUT2D eigenvalue weighted by Crippen LogP contribution is 2.13. The van der Waals surface area contributed by atoms with Gasteiger partial charge in [0.25, 0.3) is 0 Å². The van der Waals surface area contributed by atoms with E-state index >= 15 is 0 Å². The van der Waals surface area contributed by atoms with Crippen LogP contribution < -0.4 is 0 Å². The summed E-state index contributed by atoms with van der Waals surface area (Å²) in [5, 5.41) is 18.7. The van der Waals surface area contributed by atoms with Crippen LogP contribution in [0.3, 0.4) is 0 Å². The zero-order valence-electron chi connectivity index (χ0n) is 8.97. The van der Waals surface area contributed by atoms with Crippen LogP contribution in [0.4, 0.5) is 0 Å². The predicted molar refractivity (Wildman–Crippen MR) is 56.4 cm³/mol. The number of aliphatic hydroxyl groups is 2. The van der Waals surface area contributed by atoms with E-state index in [9.17, 15) is 10.2 Å². The van der Waals surface area contributed by atoms with Crippen molar-refractivity contribution in [2.24, 2.45) is 0 Å². The molecule has 15 heavy (non-hydrogen) atoms. The molecule has 0 aromatic rings. The smallest absolute Gasteiger partial charge is 0.157 e. The maximum atomic E-state index is 9.44. The number of hydrogen-bond acceptors (Lipinski definition) is 4. The summed E-state index contributed by atoms with van der Waals surface area (Å²) in [6.45, 7) is 4.93. The Morgan fingerprint density at radius 3 is 2.60 bits per heavy atom. The molecule has 4 heteroatoms. The largest absolute Gasteiger partial charge is 0.390 e. The fourth-order valence-corrected chi connectivity index (χ4v) is 1.52. The summed E-state index contributed by atoms with van der Waals surface area (Å²) in [5.74, 6) is 0. The fraction of sp³-hybridized carbons (Fsp3) is 0.818. The number of rotatable bonds is 6. The summed E-state index contributed by atoms with van der Waals surface area (Å²) >= 11 is 0. The second-order valence-corrected chi connectivity index (χ2v) is 3.75. The molecule has 0 amide bonds. The number of hydrogen-bond donors (Lipinski definition) is 2. The molecule has 0 aromatic heterocycles. The van der Waals surface area contributed by atoms with Gasteiger partial charge in [-0.3, -0.25) is 0 Å². The minimum Gasteiger partial charge on any atom is -0.390 e. The summed E-state index contributed by atoms with van der Waals surface area (Å²) in [5.41, 5.74) is 0. The standard InChI is InChI=1S/C11H20O4/c1-2-9(12)10(13)5-3-6-11-14-7-4-8-15-11/h2,9-13H,1,3-8H2/t9-,10+/m1/s1. The summed E-state index contributed by atoms with van der Waals surface area (Å²) in [6, 6.07) is 0. The quantitative estimate of drug-likeness (QED) is 0.646. The van der Waals surface area contributed by atoms with Crippen molar-refractivity contribution in [3.8, 4) is 0 Å². The molecule has 1 rings (SSSR count). The van der Waals surface area contributed by atoms with Gasteiger partial charge in [-0.15, -0.1) is 6.58 Å². The summed E-state index contributed by atoms with van der Waals surface area (Å²) in [7, 11) is 0. The molecule has 0 unspecified atom stereocenters. The third kappa shape index (κ3) is 4.75. The third-order valence-corrected chi connectivity index (χ3v) is 2.47. The van der Waals surface area contributed by atoms with Crippen LogP contribution in [0, 0.1) is 0 Å². The highest BCUT2D eigenvalue weighted by Gasteiger charge is 2.16. The molecule has 1 heterocycles. The van der Waals surface area contributed by atoms with Gasteiger partial charge in [-0.25, -0.2) is 0 Å². The second kappa shape index (κ2) is 6.95. The average Bonchev–Trinajstić information content (AvgIpc) is 2.29. The van der Waals surface area contributed by atoms with Gasteiger partial charge in [0, 0.05) is 0 Å². The van der Waals surface area contributed by atoms with Crippen LogP contribution >= 0.6 is 0 Å². The van der Waals surface area contributed by atoms with Crippen LogP contribution in [-0.2, 0) is 9.47 Å². The van der Waals surface area contributed by atoms with Crippen molar-refractivity contribution in [3.63, 3.8) is 0 Å². The van der Waals surface area contributed by atoms with Crippen molar-refractivity contribution < 1.29 is 19.7 Å². The Balaban J connectivity index is 2.06. The first kappa shape index (κ1) is 12.6. The van der Waals surface area contributed by atoms with Gasteiger partial charge in [-0.05, 0) is 25.7 Å². The van der Waals surface area contributed by atoms with E-state index in [1.165, 1.54) is 6.08 Å². The van der Waals surface area contributed by atoms with Gasteiger partial charge >= 0.3 is 0 Å². The lowest BCUT2D eigenvalue weighted by atomic mass is 10.1. The minimum atomic E-state index is -0.835. The van der Waals surface area contributed by atoms with Crippen molar-refractivity contribution >= 4 is 0 Å². The molecule has 4 nitrogen and oxygen atoms in total. The fourth-order valence-electron chi connectivity index (χ4n) is 1.52. The Kier molecular flexibility index (Phi) is 5.86. The van der Waals surface area contributed by atoms with Crippen molar-refractivity contribution in [1.29, 1.82) is 0 Å². The summed E-state index contributed by atoms with van der Waals surface area (Å²) < 4.78 is 10.7. The molecular formula is C11H20O4. The van der Waals surface area contributed by atoms with Gasteiger partial charge in [-0.1, -0.05) is 6.08 Å². The summed E-state index contributed by atoms with van der Waals surface area (Å²) in [6.07, 6.45) is 2.68. The van der Waals surface area contributed by atoms with Gasteiger partial charge in [0.2, 0.25) is 0 Å². The SMILES string of the molecule is C=C[C@@H](O)[C@@H](O)CCCC1OCCCO1. The molecule has 1 aliphatic heterocycles. The van der Waals surface area contributed by atoms with Crippen molar-refractivity contribution in [3.05, 3.63) is 12.7 Å². The van der Waals surface area contributed by atoms with Crippen LogP contribution in [0.1, 0.15) is 25.7 Å². The maximum Gasteiger partial charge on any atom is 0.157 e. The molecule has 0 aromatic carbocycles. The molecule has 1 fully saturated rings. The average molecular weight is 216 g/mol. The van der Waals surface area contributed by atoms with Crippen LogP contribution in [0.25, 0.3) is 0 Å². The Hall–Kier alpha value is -0.420. The zero-order valence-corrected chi connectivity index (χ0v) is 8.97. The molecule has 0 bridgehead atoms. The first-order valence-electron chi connectivity index (χ1n) is 5.46. The third-order valence-electron chi connectivity index (χ3n) is 2.47.